The fourth-order valence-electron chi connectivity index (χ4n) is 3.40. The maximum atomic E-state index is 6.19. The summed E-state index contributed by atoms with van der Waals surface area (Å²) >= 11 is 6.15. The molecule has 0 radical (unpaired) electrons. The molecule has 2 aliphatic rings. The van der Waals surface area contributed by atoms with Crippen molar-refractivity contribution in [1.29, 1.82) is 0 Å². The van der Waals surface area contributed by atoms with Crippen LogP contribution in [0.15, 0.2) is 18.2 Å². The van der Waals surface area contributed by atoms with Crippen LogP contribution in [-0.4, -0.2) is 18.2 Å². The van der Waals surface area contributed by atoms with E-state index in [1.807, 2.05) is 12.1 Å². The zero-order chi connectivity index (χ0) is 13.2. The average Bonchev–Trinajstić information content (AvgIpc) is 2.40. The van der Waals surface area contributed by atoms with Crippen molar-refractivity contribution in [2.24, 2.45) is 0 Å². The molecule has 3 heteroatoms. The first-order valence-corrected chi connectivity index (χ1v) is 7.83. The van der Waals surface area contributed by atoms with Crippen molar-refractivity contribution in [3.05, 3.63) is 28.8 Å². The van der Waals surface area contributed by atoms with Gasteiger partial charge in [0.2, 0.25) is 0 Å². The molecule has 2 fully saturated rings. The molecule has 104 valence electrons. The Morgan fingerprint density at radius 2 is 2.00 bits per heavy atom. The van der Waals surface area contributed by atoms with Crippen molar-refractivity contribution in [2.75, 3.05) is 0 Å². The second kappa shape index (κ2) is 5.72. The predicted octanol–water partition coefficient (Wildman–Crippen LogP) is 3.95. The molecule has 1 aromatic carbocycles. The number of piperidine rings is 2. The van der Waals surface area contributed by atoms with Crippen LogP contribution >= 0.6 is 11.6 Å². The van der Waals surface area contributed by atoms with E-state index in [0.717, 1.165) is 30.0 Å². The Morgan fingerprint density at radius 1 is 1.26 bits per heavy atom. The van der Waals surface area contributed by atoms with Crippen molar-refractivity contribution in [3.8, 4) is 5.75 Å². The van der Waals surface area contributed by atoms with Crippen LogP contribution in [0, 0.1) is 0 Å². The lowest BCUT2D eigenvalue weighted by molar-refractivity contribution is 0.0927. The van der Waals surface area contributed by atoms with E-state index in [9.17, 15) is 0 Å². The lowest BCUT2D eigenvalue weighted by Crippen LogP contribution is -2.51. The number of hydrogen-bond acceptors (Lipinski definition) is 2. The fraction of sp³-hybridized carbons (Fsp3) is 0.625. The monoisotopic (exact) mass is 279 g/mol. The van der Waals surface area contributed by atoms with Crippen LogP contribution in [0.4, 0.5) is 0 Å². The molecule has 0 spiro atoms. The van der Waals surface area contributed by atoms with Gasteiger partial charge in [-0.05, 0) is 55.9 Å². The topological polar surface area (TPSA) is 21.3 Å². The Morgan fingerprint density at radius 3 is 2.68 bits per heavy atom. The maximum absolute atomic E-state index is 6.19. The number of ether oxygens (including phenoxy) is 1. The molecule has 0 saturated carbocycles. The van der Waals surface area contributed by atoms with Gasteiger partial charge in [0, 0.05) is 17.1 Å². The number of benzene rings is 1. The number of aryl methyl sites for hydroxylation is 1. The van der Waals surface area contributed by atoms with Gasteiger partial charge in [-0.3, -0.25) is 0 Å². The van der Waals surface area contributed by atoms with E-state index >= 15 is 0 Å². The van der Waals surface area contributed by atoms with Gasteiger partial charge < -0.3 is 10.1 Å². The lowest BCUT2D eigenvalue weighted by atomic mass is 9.85. The van der Waals surface area contributed by atoms with Crippen LogP contribution in [0.1, 0.15) is 44.6 Å². The van der Waals surface area contributed by atoms with E-state index in [2.05, 4.69) is 18.3 Å². The average molecular weight is 280 g/mol. The summed E-state index contributed by atoms with van der Waals surface area (Å²) in [6.45, 7) is 2.12. The molecule has 3 atom stereocenters. The molecule has 2 heterocycles. The summed E-state index contributed by atoms with van der Waals surface area (Å²) in [5.41, 5.74) is 1.17. The van der Waals surface area contributed by atoms with E-state index in [1.165, 1.54) is 24.8 Å². The minimum absolute atomic E-state index is 0.363. The largest absolute Gasteiger partial charge is 0.490 e. The fourth-order valence-corrected chi connectivity index (χ4v) is 3.65. The number of hydrogen-bond donors (Lipinski definition) is 1. The number of fused-ring (bicyclic) bond motifs is 2. The molecule has 1 aromatic rings. The lowest BCUT2D eigenvalue weighted by Gasteiger charge is -2.40. The summed E-state index contributed by atoms with van der Waals surface area (Å²) in [6.07, 6.45) is 7.57. The van der Waals surface area contributed by atoms with E-state index in [1.54, 1.807) is 0 Å². The smallest absolute Gasteiger partial charge is 0.120 e. The van der Waals surface area contributed by atoms with Crippen LogP contribution in [0.3, 0.4) is 0 Å². The third kappa shape index (κ3) is 3.06. The molecular formula is C16H22ClNO. The molecular weight excluding hydrogens is 258 g/mol. The highest BCUT2D eigenvalue weighted by Gasteiger charge is 2.32. The van der Waals surface area contributed by atoms with Crippen LogP contribution in [0.2, 0.25) is 5.02 Å². The second-order valence-corrected chi connectivity index (χ2v) is 6.22. The first kappa shape index (κ1) is 13.3. The van der Waals surface area contributed by atoms with Gasteiger partial charge in [0.15, 0.2) is 0 Å². The van der Waals surface area contributed by atoms with Gasteiger partial charge >= 0.3 is 0 Å². The van der Waals surface area contributed by atoms with Crippen molar-refractivity contribution in [3.63, 3.8) is 0 Å². The molecule has 3 rings (SSSR count). The van der Waals surface area contributed by atoms with Crippen molar-refractivity contribution in [1.82, 2.24) is 5.32 Å². The summed E-state index contributed by atoms with van der Waals surface area (Å²) in [5, 5.41) is 4.54. The van der Waals surface area contributed by atoms with Gasteiger partial charge in [0.25, 0.3) is 0 Å². The van der Waals surface area contributed by atoms with Crippen LogP contribution in [-0.2, 0) is 6.42 Å². The molecule has 0 amide bonds. The molecule has 2 bridgehead atoms. The van der Waals surface area contributed by atoms with E-state index in [-0.39, 0.29) is 0 Å². The molecule has 0 aliphatic carbocycles. The van der Waals surface area contributed by atoms with Gasteiger partial charge in [-0.25, -0.2) is 0 Å². The molecule has 1 N–H and O–H groups in total. The zero-order valence-electron chi connectivity index (χ0n) is 11.5. The standard InChI is InChI=1S/C16H22ClNO/c1-2-11-8-14(6-7-16(11)17)19-15-9-12-4-3-5-13(10-15)18-12/h6-8,12-13,15,18H,2-5,9-10H2,1H3/t12-,13+,15-. The third-order valence-corrected chi connectivity index (χ3v) is 4.74. The SMILES string of the molecule is CCc1cc(O[C@@H]2C[C@H]3CCC[C@@H](C2)N3)ccc1Cl. The highest BCUT2D eigenvalue weighted by Crippen LogP contribution is 2.30. The summed E-state index contributed by atoms with van der Waals surface area (Å²) in [6, 6.07) is 7.38. The predicted molar refractivity (Wildman–Crippen MR) is 79.0 cm³/mol. The first-order chi connectivity index (χ1) is 9.24. The Kier molecular flexibility index (Phi) is 3.99. The van der Waals surface area contributed by atoms with Crippen LogP contribution in [0.5, 0.6) is 5.75 Å². The van der Waals surface area contributed by atoms with Crippen LogP contribution in [0.25, 0.3) is 0 Å². The molecule has 19 heavy (non-hydrogen) atoms. The Bertz CT molecular complexity index is 436. The molecule has 0 aromatic heterocycles. The summed E-state index contributed by atoms with van der Waals surface area (Å²) in [7, 11) is 0. The minimum Gasteiger partial charge on any atom is -0.490 e. The molecule has 2 saturated heterocycles. The molecule has 2 nitrogen and oxygen atoms in total. The van der Waals surface area contributed by atoms with Crippen molar-refractivity contribution in [2.45, 2.75) is 63.6 Å². The normalized spacial score (nSPS) is 30.1. The number of nitrogens with one attached hydrogen (secondary N) is 1. The molecule has 0 unspecified atom stereocenters. The number of rotatable bonds is 3. The highest BCUT2D eigenvalue weighted by atomic mass is 35.5. The van der Waals surface area contributed by atoms with E-state index < -0.39 is 0 Å². The van der Waals surface area contributed by atoms with E-state index in [0.29, 0.717) is 18.2 Å². The van der Waals surface area contributed by atoms with Crippen LogP contribution < -0.4 is 10.1 Å². The Labute approximate surface area is 120 Å². The summed E-state index contributed by atoms with van der Waals surface area (Å²) < 4.78 is 6.19. The Hall–Kier alpha value is -0.730. The maximum Gasteiger partial charge on any atom is 0.120 e. The third-order valence-electron chi connectivity index (χ3n) is 4.37. The summed E-state index contributed by atoms with van der Waals surface area (Å²) in [4.78, 5) is 0. The minimum atomic E-state index is 0.363. The zero-order valence-corrected chi connectivity index (χ0v) is 12.2. The van der Waals surface area contributed by atoms with Gasteiger partial charge in [0.05, 0.1) is 0 Å². The van der Waals surface area contributed by atoms with Gasteiger partial charge in [0.1, 0.15) is 11.9 Å². The van der Waals surface area contributed by atoms with E-state index in [4.69, 9.17) is 16.3 Å². The Balaban J connectivity index is 1.68. The quantitative estimate of drug-likeness (QED) is 0.904. The molecule has 2 aliphatic heterocycles. The van der Waals surface area contributed by atoms with Crippen molar-refractivity contribution < 1.29 is 4.74 Å². The van der Waals surface area contributed by atoms with Gasteiger partial charge in [-0.15, -0.1) is 0 Å². The van der Waals surface area contributed by atoms with Gasteiger partial charge in [-0.2, -0.15) is 0 Å². The summed E-state index contributed by atoms with van der Waals surface area (Å²) in [5.74, 6) is 0.978. The van der Waals surface area contributed by atoms with Crippen molar-refractivity contribution >= 4 is 11.6 Å². The second-order valence-electron chi connectivity index (χ2n) is 5.81. The number of halogens is 1. The highest BCUT2D eigenvalue weighted by molar-refractivity contribution is 6.31. The van der Waals surface area contributed by atoms with Gasteiger partial charge in [-0.1, -0.05) is 24.9 Å². The first-order valence-electron chi connectivity index (χ1n) is 7.45.